The lowest BCUT2D eigenvalue weighted by Crippen LogP contribution is -2.55. The molecule has 1 aromatic rings. The Balaban J connectivity index is 1.59. The Morgan fingerprint density at radius 3 is 2.66 bits per heavy atom. The fraction of sp³-hybridized carbons (Fsp3) is 0.667. The first-order valence-electron chi connectivity index (χ1n) is 12.3. The Morgan fingerprint density at radius 1 is 1.14 bits per heavy atom. The summed E-state index contributed by atoms with van der Waals surface area (Å²) in [6, 6.07) is 6.25. The van der Waals surface area contributed by atoms with Gasteiger partial charge >= 0.3 is 0 Å². The van der Waals surface area contributed by atoms with E-state index in [1.165, 1.54) is 0 Å². The van der Waals surface area contributed by atoms with Gasteiger partial charge in [-0.05, 0) is 45.2 Å². The van der Waals surface area contributed by atoms with E-state index in [1.54, 1.807) is 18.2 Å². The topological polar surface area (TPSA) is 126 Å². The van der Waals surface area contributed by atoms with Gasteiger partial charge in [-0.25, -0.2) is 13.1 Å². The number of likely N-dealkylation sites (tertiary alicyclic amines) is 1. The van der Waals surface area contributed by atoms with E-state index in [-0.39, 0.29) is 36.5 Å². The number of sulfonamides is 1. The van der Waals surface area contributed by atoms with Crippen molar-refractivity contribution >= 4 is 21.8 Å². The molecular formula is C24H36N4O6S. The Morgan fingerprint density at radius 2 is 1.91 bits per heavy atom. The number of fused-ring (bicyclic) bond motifs is 5. The number of ether oxygens (including phenoxy) is 2. The first kappa shape index (κ1) is 25.9. The lowest BCUT2D eigenvalue weighted by molar-refractivity contribution is -0.128. The Hall–Kier alpha value is -2.21. The number of hydrogen-bond acceptors (Lipinski definition) is 7. The number of benzene rings is 1. The van der Waals surface area contributed by atoms with E-state index < -0.39 is 28.2 Å². The van der Waals surface area contributed by atoms with Crippen LogP contribution in [0, 0.1) is 0 Å². The minimum Gasteiger partial charge on any atom is -0.493 e. The lowest BCUT2D eigenvalue weighted by Gasteiger charge is -2.37. The molecule has 35 heavy (non-hydrogen) atoms. The second-order valence-corrected chi connectivity index (χ2v) is 11.7. The number of rotatable bonds is 3. The summed E-state index contributed by atoms with van der Waals surface area (Å²) in [6.07, 6.45) is 2.82. The van der Waals surface area contributed by atoms with Crippen LogP contribution in [0.4, 0.5) is 0 Å². The molecule has 4 bridgehead atoms. The van der Waals surface area contributed by atoms with E-state index in [4.69, 9.17) is 9.47 Å². The highest BCUT2D eigenvalue weighted by Gasteiger charge is 2.40. The number of amides is 2. The largest absolute Gasteiger partial charge is 0.493 e. The van der Waals surface area contributed by atoms with Gasteiger partial charge < -0.3 is 20.1 Å². The van der Waals surface area contributed by atoms with Gasteiger partial charge in [-0.1, -0.05) is 12.1 Å². The molecule has 1 aromatic carbocycles. The monoisotopic (exact) mass is 508 g/mol. The summed E-state index contributed by atoms with van der Waals surface area (Å²) >= 11 is 0. The molecule has 4 rings (SSSR count). The zero-order valence-corrected chi connectivity index (χ0v) is 21.3. The molecule has 2 saturated heterocycles. The van der Waals surface area contributed by atoms with Crippen LogP contribution in [0.3, 0.4) is 0 Å². The summed E-state index contributed by atoms with van der Waals surface area (Å²) < 4.78 is 38.7. The van der Waals surface area contributed by atoms with E-state index in [0.717, 1.165) is 6.26 Å². The molecule has 0 radical (unpaired) electrons. The van der Waals surface area contributed by atoms with Gasteiger partial charge in [0.2, 0.25) is 15.9 Å². The van der Waals surface area contributed by atoms with E-state index in [9.17, 15) is 18.0 Å². The van der Waals surface area contributed by atoms with Crippen molar-refractivity contribution < 1.29 is 27.5 Å². The van der Waals surface area contributed by atoms with Crippen LogP contribution in [0.15, 0.2) is 24.3 Å². The molecule has 11 heteroatoms. The number of nitrogens with zero attached hydrogens (tertiary/aromatic N) is 1. The Labute approximate surface area is 207 Å². The standard InChI is InChI=1S/C24H36N4O6S/c1-15(2)28-14-16-12-20(28)24(30)25-13-22-19(27-35(3,31)32)9-8-17(34-22)10-11-33-21-7-5-4-6-18(21)23(29)26-16/h4-7,15-17,19-20,22,27H,8-14H2,1-3H3,(H,25,30)(H,26,29)/t16-,17+,19-,20+,22-/m1/s1. The third-order valence-corrected chi connectivity index (χ3v) is 7.66. The lowest BCUT2D eigenvalue weighted by atomic mass is 9.97. The average molecular weight is 509 g/mol. The predicted molar refractivity (Wildman–Crippen MR) is 131 cm³/mol. The summed E-state index contributed by atoms with van der Waals surface area (Å²) in [5, 5.41) is 6.07. The molecule has 3 N–H and O–H groups in total. The first-order chi connectivity index (χ1) is 16.6. The molecule has 3 aliphatic rings. The van der Waals surface area contributed by atoms with Crippen molar-refractivity contribution in [3.05, 3.63) is 29.8 Å². The highest BCUT2D eigenvalue weighted by atomic mass is 32.2. The van der Waals surface area contributed by atoms with Crippen molar-refractivity contribution in [3.8, 4) is 5.75 Å². The molecule has 2 fully saturated rings. The summed E-state index contributed by atoms with van der Waals surface area (Å²) in [6.45, 7) is 5.16. The normalized spacial score (nSPS) is 30.8. The van der Waals surface area contributed by atoms with E-state index >= 15 is 0 Å². The van der Waals surface area contributed by atoms with Gasteiger partial charge in [0, 0.05) is 37.6 Å². The third-order valence-electron chi connectivity index (χ3n) is 6.93. The Kier molecular flexibility index (Phi) is 7.99. The van der Waals surface area contributed by atoms with Gasteiger partial charge in [-0.3, -0.25) is 14.5 Å². The van der Waals surface area contributed by atoms with Gasteiger partial charge in [0.25, 0.3) is 5.91 Å². The van der Waals surface area contributed by atoms with Gasteiger partial charge in [0.05, 0.1) is 36.7 Å². The maximum atomic E-state index is 13.2. The van der Waals surface area contributed by atoms with Crippen molar-refractivity contribution in [1.29, 1.82) is 0 Å². The number of carbonyl (C=O) groups excluding carboxylic acids is 2. The summed E-state index contributed by atoms with van der Waals surface area (Å²) in [5.74, 6) is 0.148. The first-order valence-corrected chi connectivity index (χ1v) is 14.2. The SMILES string of the molecule is CC(C)N1C[C@H]2C[C@H]1C(=O)NC[C@H]1O[C@H](CCOc3ccccc3C(=O)N2)CC[C@H]1NS(C)(=O)=O. The highest BCUT2D eigenvalue weighted by Crippen LogP contribution is 2.26. The van der Waals surface area contributed by atoms with Crippen molar-refractivity contribution in [2.24, 2.45) is 0 Å². The van der Waals surface area contributed by atoms with Crippen molar-refractivity contribution in [2.75, 3.05) is 26.0 Å². The fourth-order valence-electron chi connectivity index (χ4n) is 5.23. The van der Waals surface area contributed by atoms with Crippen molar-refractivity contribution in [2.45, 2.75) is 75.9 Å². The average Bonchev–Trinajstić information content (AvgIpc) is 3.22. The molecule has 2 amide bonds. The molecule has 0 aliphatic carbocycles. The number of carbonyl (C=O) groups is 2. The van der Waals surface area contributed by atoms with Gasteiger partial charge in [-0.2, -0.15) is 0 Å². The number of para-hydroxylation sites is 1. The number of nitrogens with one attached hydrogen (secondary N) is 3. The number of hydrogen-bond donors (Lipinski definition) is 3. The minimum absolute atomic E-state index is 0.111. The quantitative estimate of drug-likeness (QED) is 0.547. The Bertz CT molecular complexity index is 1030. The zero-order valence-electron chi connectivity index (χ0n) is 20.5. The summed E-state index contributed by atoms with van der Waals surface area (Å²) in [7, 11) is -3.43. The molecule has 3 heterocycles. The van der Waals surface area contributed by atoms with Crippen LogP contribution in [0.5, 0.6) is 5.75 Å². The van der Waals surface area contributed by atoms with Gasteiger partial charge in [0.1, 0.15) is 5.75 Å². The van der Waals surface area contributed by atoms with Crippen LogP contribution in [0.2, 0.25) is 0 Å². The van der Waals surface area contributed by atoms with Gasteiger partial charge in [-0.15, -0.1) is 0 Å². The third kappa shape index (κ3) is 6.52. The molecular weight excluding hydrogens is 472 g/mol. The second-order valence-electron chi connectivity index (χ2n) is 9.96. The molecule has 10 nitrogen and oxygen atoms in total. The maximum Gasteiger partial charge on any atom is 0.255 e. The summed E-state index contributed by atoms with van der Waals surface area (Å²) in [5.41, 5.74) is 0.462. The molecule has 0 aromatic heterocycles. The highest BCUT2D eigenvalue weighted by molar-refractivity contribution is 7.88. The molecule has 194 valence electrons. The molecule has 3 aliphatic heterocycles. The van der Waals surface area contributed by atoms with Crippen LogP contribution in [-0.4, -0.2) is 87.5 Å². The van der Waals surface area contributed by atoms with Crippen molar-refractivity contribution in [1.82, 2.24) is 20.3 Å². The zero-order chi connectivity index (χ0) is 25.2. The molecule has 5 atom stereocenters. The van der Waals surface area contributed by atoms with Crippen molar-refractivity contribution in [3.63, 3.8) is 0 Å². The van der Waals surface area contributed by atoms with E-state index in [2.05, 4.69) is 20.3 Å². The fourth-order valence-corrected chi connectivity index (χ4v) is 6.05. The van der Waals surface area contributed by atoms with Crippen LogP contribution in [-0.2, 0) is 19.6 Å². The maximum absolute atomic E-state index is 13.2. The van der Waals surface area contributed by atoms with E-state index in [0.29, 0.717) is 50.1 Å². The minimum atomic E-state index is -3.43. The van der Waals surface area contributed by atoms with Crippen LogP contribution in [0.1, 0.15) is 49.9 Å². The van der Waals surface area contributed by atoms with E-state index in [1.807, 2.05) is 19.9 Å². The molecule has 0 unspecified atom stereocenters. The second kappa shape index (κ2) is 10.8. The molecule has 0 saturated carbocycles. The smallest absolute Gasteiger partial charge is 0.255 e. The summed E-state index contributed by atoms with van der Waals surface area (Å²) in [4.78, 5) is 28.4. The molecule has 0 spiro atoms. The van der Waals surface area contributed by atoms with Crippen LogP contribution >= 0.6 is 0 Å². The van der Waals surface area contributed by atoms with Crippen LogP contribution in [0.25, 0.3) is 0 Å². The predicted octanol–water partition coefficient (Wildman–Crippen LogP) is 0.632. The van der Waals surface area contributed by atoms with Crippen LogP contribution < -0.4 is 20.1 Å². The van der Waals surface area contributed by atoms with Gasteiger partial charge in [0.15, 0.2) is 0 Å².